The maximum Gasteiger partial charge on any atom is 0.159 e. The average molecular weight is 616 g/mol. The molecule has 0 aliphatic carbocycles. The number of aromatic nitrogens is 3. The molecule has 0 bridgehead atoms. The Kier molecular flexibility index (Phi) is 7.64. The summed E-state index contributed by atoms with van der Waals surface area (Å²) in [7, 11) is 0. The highest BCUT2D eigenvalue weighted by Gasteiger charge is 2.14. The lowest BCUT2D eigenvalue weighted by Gasteiger charge is -2.15. The molecule has 2 heterocycles. The van der Waals surface area contributed by atoms with Crippen molar-refractivity contribution in [2.45, 2.75) is 13.8 Å². The van der Waals surface area contributed by atoms with E-state index >= 15 is 0 Å². The van der Waals surface area contributed by atoms with Crippen LogP contribution in [0.1, 0.15) is 11.4 Å². The number of hydrogen-bond acceptors (Lipinski definition) is 3. The van der Waals surface area contributed by atoms with Gasteiger partial charge in [-0.2, -0.15) is 0 Å². The standard InChI is InChI=1S/C45H33N3/c1-30-22-31(2)47-45(46-30)38-19-11-18-36(24-38)39-25-40(37-21-20-32-12-9-10-17-35(32)23-37)27-41(26-39)42-28-43(33-13-5-3-6-14-33)48-44(29-42)34-15-7-4-8-16-34/h3-29H,1-2H3. The molecule has 228 valence electrons. The van der Waals surface area contributed by atoms with Crippen molar-refractivity contribution in [1.29, 1.82) is 0 Å². The zero-order valence-corrected chi connectivity index (χ0v) is 26.9. The predicted molar refractivity (Wildman–Crippen MR) is 199 cm³/mol. The Balaban J connectivity index is 1.34. The molecule has 0 aliphatic heterocycles. The third-order valence-corrected chi connectivity index (χ3v) is 8.75. The fourth-order valence-corrected chi connectivity index (χ4v) is 6.40. The predicted octanol–water partition coefficient (Wildman–Crippen LogP) is 11.6. The van der Waals surface area contributed by atoms with Crippen LogP contribution in [-0.4, -0.2) is 15.0 Å². The first-order valence-corrected chi connectivity index (χ1v) is 16.3. The maximum absolute atomic E-state index is 5.14. The normalized spacial score (nSPS) is 11.1. The molecule has 0 spiro atoms. The Bertz CT molecular complexity index is 2340. The second-order valence-electron chi connectivity index (χ2n) is 12.3. The van der Waals surface area contributed by atoms with E-state index in [9.17, 15) is 0 Å². The number of pyridine rings is 1. The van der Waals surface area contributed by atoms with Crippen LogP contribution < -0.4 is 0 Å². The largest absolute Gasteiger partial charge is 0.248 e. The summed E-state index contributed by atoms with van der Waals surface area (Å²) in [6.07, 6.45) is 0. The highest BCUT2D eigenvalue weighted by molar-refractivity contribution is 5.90. The average Bonchev–Trinajstić information content (AvgIpc) is 3.14. The molecule has 8 rings (SSSR count). The topological polar surface area (TPSA) is 38.7 Å². The third-order valence-electron chi connectivity index (χ3n) is 8.75. The van der Waals surface area contributed by atoms with E-state index in [4.69, 9.17) is 15.0 Å². The molecular formula is C45H33N3. The van der Waals surface area contributed by atoms with Crippen LogP contribution in [0, 0.1) is 13.8 Å². The Labute approximate surface area is 281 Å². The van der Waals surface area contributed by atoms with Gasteiger partial charge in [-0.05, 0) is 107 Å². The van der Waals surface area contributed by atoms with E-state index in [1.807, 2.05) is 32.0 Å². The zero-order chi connectivity index (χ0) is 32.5. The summed E-state index contributed by atoms with van der Waals surface area (Å²) < 4.78 is 0. The van der Waals surface area contributed by atoms with Crippen molar-refractivity contribution in [1.82, 2.24) is 15.0 Å². The molecule has 0 aliphatic rings. The first-order chi connectivity index (χ1) is 23.6. The molecular weight excluding hydrogens is 583 g/mol. The van der Waals surface area contributed by atoms with E-state index in [0.29, 0.717) is 0 Å². The lowest BCUT2D eigenvalue weighted by atomic mass is 9.91. The van der Waals surface area contributed by atoms with Crippen molar-refractivity contribution in [3.05, 3.63) is 175 Å². The monoisotopic (exact) mass is 615 g/mol. The lowest BCUT2D eigenvalue weighted by molar-refractivity contribution is 1.06. The molecule has 0 saturated carbocycles. The molecule has 0 amide bonds. The number of fused-ring (bicyclic) bond motifs is 1. The molecule has 8 aromatic rings. The van der Waals surface area contributed by atoms with E-state index in [1.54, 1.807) is 0 Å². The molecule has 3 nitrogen and oxygen atoms in total. The van der Waals surface area contributed by atoms with Crippen LogP contribution in [0.3, 0.4) is 0 Å². The second-order valence-corrected chi connectivity index (χ2v) is 12.3. The van der Waals surface area contributed by atoms with Crippen molar-refractivity contribution < 1.29 is 0 Å². The lowest BCUT2D eigenvalue weighted by Crippen LogP contribution is -1.95. The van der Waals surface area contributed by atoms with Crippen molar-refractivity contribution >= 4 is 10.8 Å². The number of aryl methyl sites for hydroxylation is 2. The molecule has 3 heteroatoms. The summed E-state index contributed by atoms with van der Waals surface area (Å²) in [6, 6.07) is 58.0. The van der Waals surface area contributed by atoms with Gasteiger partial charge < -0.3 is 0 Å². The first kappa shape index (κ1) is 29.2. The maximum atomic E-state index is 5.14. The second kappa shape index (κ2) is 12.5. The minimum atomic E-state index is 0.745. The van der Waals surface area contributed by atoms with E-state index in [1.165, 1.54) is 16.3 Å². The van der Waals surface area contributed by atoms with Crippen LogP contribution in [0.5, 0.6) is 0 Å². The highest BCUT2D eigenvalue weighted by atomic mass is 14.9. The fraction of sp³-hybridized carbons (Fsp3) is 0.0444. The summed E-state index contributed by atoms with van der Waals surface area (Å²) in [5.41, 5.74) is 13.8. The van der Waals surface area contributed by atoms with Gasteiger partial charge in [0, 0.05) is 28.1 Å². The van der Waals surface area contributed by atoms with Crippen LogP contribution in [-0.2, 0) is 0 Å². The summed E-state index contributed by atoms with van der Waals surface area (Å²) in [5, 5.41) is 2.45. The molecule has 0 radical (unpaired) electrons. The minimum Gasteiger partial charge on any atom is -0.248 e. The van der Waals surface area contributed by atoms with Gasteiger partial charge >= 0.3 is 0 Å². The van der Waals surface area contributed by atoms with Gasteiger partial charge in [-0.25, -0.2) is 15.0 Å². The van der Waals surface area contributed by atoms with Crippen LogP contribution in [0.4, 0.5) is 0 Å². The van der Waals surface area contributed by atoms with Crippen LogP contribution >= 0.6 is 0 Å². The van der Waals surface area contributed by atoms with Gasteiger partial charge in [-0.3, -0.25) is 0 Å². The van der Waals surface area contributed by atoms with Crippen LogP contribution in [0.2, 0.25) is 0 Å². The van der Waals surface area contributed by atoms with Crippen LogP contribution in [0.25, 0.3) is 78.1 Å². The first-order valence-electron chi connectivity index (χ1n) is 16.3. The van der Waals surface area contributed by atoms with Gasteiger partial charge in [0.15, 0.2) is 5.82 Å². The molecule has 0 fully saturated rings. The van der Waals surface area contributed by atoms with E-state index in [2.05, 4.69) is 146 Å². The number of hydrogen-bond donors (Lipinski definition) is 0. The molecule has 0 atom stereocenters. The smallest absolute Gasteiger partial charge is 0.159 e. The van der Waals surface area contributed by atoms with E-state index in [0.717, 1.165) is 73.1 Å². The minimum absolute atomic E-state index is 0.745. The summed E-state index contributed by atoms with van der Waals surface area (Å²) in [6.45, 7) is 4.03. The van der Waals surface area contributed by atoms with Gasteiger partial charge in [0.25, 0.3) is 0 Å². The van der Waals surface area contributed by atoms with Gasteiger partial charge in [0.1, 0.15) is 0 Å². The molecule has 0 N–H and O–H groups in total. The van der Waals surface area contributed by atoms with Gasteiger partial charge in [0.2, 0.25) is 0 Å². The number of rotatable bonds is 6. The van der Waals surface area contributed by atoms with Crippen molar-refractivity contribution in [3.63, 3.8) is 0 Å². The highest BCUT2D eigenvalue weighted by Crippen LogP contribution is 2.37. The summed E-state index contributed by atoms with van der Waals surface area (Å²) >= 11 is 0. The summed E-state index contributed by atoms with van der Waals surface area (Å²) in [4.78, 5) is 14.7. The summed E-state index contributed by atoms with van der Waals surface area (Å²) in [5.74, 6) is 0.745. The van der Waals surface area contributed by atoms with Crippen molar-refractivity contribution in [2.75, 3.05) is 0 Å². The Hall–Kier alpha value is -6.19. The molecule has 0 unspecified atom stereocenters. The zero-order valence-electron chi connectivity index (χ0n) is 26.9. The van der Waals surface area contributed by atoms with E-state index < -0.39 is 0 Å². The van der Waals surface area contributed by atoms with Crippen molar-refractivity contribution in [2.24, 2.45) is 0 Å². The molecule has 0 saturated heterocycles. The Morgan fingerprint density at radius 1 is 0.292 bits per heavy atom. The van der Waals surface area contributed by atoms with Gasteiger partial charge in [-0.1, -0.05) is 115 Å². The van der Waals surface area contributed by atoms with Crippen LogP contribution in [0.15, 0.2) is 164 Å². The number of nitrogens with zero attached hydrogens (tertiary/aromatic N) is 3. The molecule has 2 aromatic heterocycles. The van der Waals surface area contributed by atoms with Crippen molar-refractivity contribution in [3.8, 4) is 67.3 Å². The SMILES string of the molecule is Cc1cc(C)nc(-c2cccc(-c3cc(-c4cc(-c5ccccc5)nc(-c5ccccc5)c4)cc(-c4ccc5ccccc5c4)c3)c2)n1. The Morgan fingerprint density at radius 2 is 0.750 bits per heavy atom. The molecule has 6 aromatic carbocycles. The quantitative estimate of drug-likeness (QED) is 0.187. The Morgan fingerprint density at radius 3 is 1.38 bits per heavy atom. The molecule has 48 heavy (non-hydrogen) atoms. The van der Waals surface area contributed by atoms with E-state index in [-0.39, 0.29) is 0 Å². The van der Waals surface area contributed by atoms with Gasteiger partial charge in [0.05, 0.1) is 11.4 Å². The fourth-order valence-electron chi connectivity index (χ4n) is 6.40. The number of benzene rings is 6. The third kappa shape index (κ3) is 6.02. The van der Waals surface area contributed by atoms with Gasteiger partial charge in [-0.15, -0.1) is 0 Å².